The molecule has 5 heteroatoms. The Kier molecular flexibility index (Phi) is 18.2. The Balaban J connectivity index is 1.32. The van der Waals surface area contributed by atoms with Gasteiger partial charge in [-0.3, -0.25) is 4.79 Å². The van der Waals surface area contributed by atoms with Crippen molar-refractivity contribution in [2.75, 3.05) is 13.8 Å². The second-order valence-electron chi connectivity index (χ2n) is 14.5. The zero-order valence-electron chi connectivity index (χ0n) is 28.6. The molecule has 5 nitrogen and oxygen atoms in total. The Morgan fingerprint density at radius 1 is 0.619 bits per heavy atom. The van der Waals surface area contributed by atoms with Gasteiger partial charge in [0.05, 0.1) is 5.54 Å². The first kappa shape index (κ1) is 36.9. The fourth-order valence-corrected chi connectivity index (χ4v) is 8.00. The van der Waals surface area contributed by atoms with Gasteiger partial charge in [0, 0.05) is 13.5 Å². The number of ether oxygens (including phenoxy) is 2. The fraction of sp³-hybridized carbons (Fsp3) is 0.946. The summed E-state index contributed by atoms with van der Waals surface area (Å²) in [6.07, 6.45) is 32.0. The summed E-state index contributed by atoms with van der Waals surface area (Å²) in [6, 6.07) is 0. The number of rotatable bonds is 25. The Morgan fingerprint density at radius 3 is 1.43 bits per heavy atom. The van der Waals surface area contributed by atoms with E-state index in [1.807, 2.05) is 7.05 Å². The summed E-state index contributed by atoms with van der Waals surface area (Å²) >= 11 is 0. The van der Waals surface area contributed by atoms with Crippen LogP contribution in [0.1, 0.15) is 188 Å². The average Bonchev–Trinajstić information content (AvgIpc) is 3.54. The SMILES string of the molecule is CCCCCCCCCCCCCCCCCCCCCCCC(=O)OCOC(=O)N(C)C1(C)C2CCC(C2)C1(C)C. The second kappa shape index (κ2) is 20.7. The average molecular weight is 592 g/mol. The predicted octanol–water partition coefficient (Wildman–Crippen LogP) is 11.4. The highest BCUT2D eigenvalue weighted by Gasteiger charge is 2.63. The van der Waals surface area contributed by atoms with Gasteiger partial charge >= 0.3 is 12.1 Å². The molecule has 0 aromatic carbocycles. The van der Waals surface area contributed by atoms with Crippen molar-refractivity contribution >= 4 is 12.1 Å². The van der Waals surface area contributed by atoms with Gasteiger partial charge in [-0.15, -0.1) is 0 Å². The van der Waals surface area contributed by atoms with Crippen molar-refractivity contribution in [3.05, 3.63) is 0 Å². The molecule has 0 N–H and O–H groups in total. The van der Waals surface area contributed by atoms with E-state index in [0.717, 1.165) is 12.8 Å². The molecule has 2 rings (SSSR count). The summed E-state index contributed by atoms with van der Waals surface area (Å²) in [5, 5.41) is 0. The lowest BCUT2D eigenvalue weighted by molar-refractivity contribution is -0.153. The molecule has 0 radical (unpaired) electrons. The van der Waals surface area contributed by atoms with Crippen LogP contribution in [0.2, 0.25) is 0 Å². The molecule has 0 spiro atoms. The molecule has 2 fully saturated rings. The van der Waals surface area contributed by atoms with E-state index in [0.29, 0.717) is 18.3 Å². The van der Waals surface area contributed by atoms with E-state index in [1.54, 1.807) is 4.90 Å². The minimum atomic E-state index is -0.389. The minimum Gasteiger partial charge on any atom is -0.428 e. The first-order valence-electron chi connectivity index (χ1n) is 18.3. The lowest BCUT2D eigenvalue weighted by Gasteiger charge is -2.52. The maximum absolute atomic E-state index is 12.7. The number of nitrogens with zero attached hydrogens (tertiary/aromatic N) is 1. The van der Waals surface area contributed by atoms with Gasteiger partial charge in [0.25, 0.3) is 0 Å². The number of hydrogen-bond acceptors (Lipinski definition) is 4. The van der Waals surface area contributed by atoms with Gasteiger partial charge in [-0.1, -0.05) is 149 Å². The molecule has 42 heavy (non-hydrogen) atoms. The van der Waals surface area contributed by atoms with Gasteiger partial charge in [0.2, 0.25) is 6.79 Å². The largest absolute Gasteiger partial charge is 0.428 e. The molecule has 2 saturated carbocycles. The van der Waals surface area contributed by atoms with E-state index in [2.05, 4.69) is 27.7 Å². The van der Waals surface area contributed by atoms with E-state index in [4.69, 9.17) is 9.47 Å². The quantitative estimate of drug-likeness (QED) is 0.0602. The lowest BCUT2D eigenvalue weighted by Crippen LogP contribution is -2.59. The van der Waals surface area contributed by atoms with Gasteiger partial charge < -0.3 is 14.4 Å². The van der Waals surface area contributed by atoms with Crippen LogP contribution in [-0.2, 0) is 14.3 Å². The van der Waals surface area contributed by atoms with E-state index in [9.17, 15) is 9.59 Å². The molecule has 2 aliphatic rings. The number of hydrogen-bond donors (Lipinski definition) is 0. The van der Waals surface area contributed by atoms with E-state index < -0.39 is 0 Å². The Hall–Kier alpha value is -1.26. The maximum Gasteiger partial charge on any atom is 0.412 e. The molecule has 0 aromatic rings. The summed E-state index contributed by atoms with van der Waals surface area (Å²) in [5.74, 6) is 0.908. The van der Waals surface area contributed by atoms with Gasteiger partial charge in [-0.25, -0.2) is 4.79 Å². The summed E-state index contributed by atoms with van der Waals surface area (Å²) in [7, 11) is 1.84. The second-order valence-corrected chi connectivity index (χ2v) is 14.5. The number of unbranched alkanes of at least 4 members (excludes halogenated alkanes) is 20. The van der Waals surface area contributed by atoms with Gasteiger partial charge in [-0.2, -0.15) is 0 Å². The fourth-order valence-electron chi connectivity index (χ4n) is 8.00. The standard InChI is InChI=1S/C37H69NO4/c1-6-7-8-9-10-11-12-13-14-15-16-17-18-19-20-21-22-23-24-25-26-27-34(39)41-31-42-35(40)38(5)37(4)33-29-28-32(30-33)36(37,2)3/h32-33H,6-31H2,1-5H3. The minimum absolute atomic E-state index is 0.0618. The van der Waals surface area contributed by atoms with Crippen molar-refractivity contribution in [3.8, 4) is 0 Å². The third-order valence-electron chi connectivity index (χ3n) is 11.4. The summed E-state index contributed by atoms with van der Waals surface area (Å²) in [5.41, 5.74) is -0.157. The van der Waals surface area contributed by atoms with Crippen LogP contribution in [0.3, 0.4) is 0 Å². The predicted molar refractivity (Wildman–Crippen MR) is 175 cm³/mol. The smallest absolute Gasteiger partial charge is 0.412 e. The van der Waals surface area contributed by atoms with Crippen LogP contribution >= 0.6 is 0 Å². The molecule has 246 valence electrons. The number of amides is 1. The van der Waals surface area contributed by atoms with Crippen molar-refractivity contribution in [3.63, 3.8) is 0 Å². The topological polar surface area (TPSA) is 55.8 Å². The molecule has 0 heterocycles. The number of fused-ring (bicyclic) bond motifs is 2. The third-order valence-corrected chi connectivity index (χ3v) is 11.4. The molecule has 0 aliphatic heterocycles. The molecule has 3 atom stereocenters. The van der Waals surface area contributed by atoms with Crippen molar-refractivity contribution in [1.82, 2.24) is 4.90 Å². The number of esters is 1. The van der Waals surface area contributed by atoms with Crippen molar-refractivity contribution in [1.29, 1.82) is 0 Å². The zero-order valence-corrected chi connectivity index (χ0v) is 28.6. The normalized spacial score (nSPS) is 22.4. The Bertz CT molecular complexity index is 737. The molecule has 0 saturated heterocycles. The van der Waals surface area contributed by atoms with E-state index in [1.165, 1.54) is 141 Å². The van der Waals surface area contributed by atoms with Gasteiger partial charge in [0.1, 0.15) is 0 Å². The highest BCUT2D eigenvalue weighted by Crippen LogP contribution is 2.63. The maximum atomic E-state index is 12.7. The molecular formula is C37H69NO4. The summed E-state index contributed by atoms with van der Waals surface area (Å²) in [4.78, 5) is 26.6. The van der Waals surface area contributed by atoms with Crippen LogP contribution in [-0.4, -0.2) is 36.3 Å². The molecule has 2 bridgehead atoms. The number of carbonyl (C=O) groups is 2. The first-order chi connectivity index (χ1) is 20.2. The van der Waals surface area contributed by atoms with Gasteiger partial charge in [0.15, 0.2) is 0 Å². The summed E-state index contributed by atoms with van der Waals surface area (Å²) in [6.45, 7) is 8.76. The lowest BCUT2D eigenvalue weighted by atomic mass is 9.63. The highest BCUT2D eigenvalue weighted by atomic mass is 16.7. The number of carbonyl (C=O) groups excluding carboxylic acids is 2. The van der Waals surface area contributed by atoms with Crippen LogP contribution in [0, 0.1) is 17.3 Å². The molecule has 0 aromatic heterocycles. The summed E-state index contributed by atoms with van der Waals surface area (Å²) < 4.78 is 10.6. The van der Waals surface area contributed by atoms with Crippen LogP contribution in [0.15, 0.2) is 0 Å². The van der Waals surface area contributed by atoms with Crippen molar-refractivity contribution in [2.45, 2.75) is 194 Å². The Labute approximate surface area is 260 Å². The first-order valence-corrected chi connectivity index (χ1v) is 18.3. The highest BCUT2D eigenvalue weighted by molar-refractivity contribution is 5.70. The van der Waals surface area contributed by atoms with Crippen LogP contribution < -0.4 is 0 Å². The molecule has 1 amide bonds. The van der Waals surface area contributed by atoms with Crippen molar-refractivity contribution in [2.24, 2.45) is 17.3 Å². The van der Waals surface area contributed by atoms with Crippen LogP contribution in [0.4, 0.5) is 4.79 Å². The molecular weight excluding hydrogens is 522 g/mol. The Morgan fingerprint density at radius 2 is 1.02 bits per heavy atom. The van der Waals surface area contributed by atoms with E-state index in [-0.39, 0.29) is 29.8 Å². The van der Waals surface area contributed by atoms with E-state index >= 15 is 0 Å². The monoisotopic (exact) mass is 592 g/mol. The van der Waals surface area contributed by atoms with Crippen LogP contribution in [0.25, 0.3) is 0 Å². The zero-order chi connectivity index (χ0) is 30.7. The van der Waals surface area contributed by atoms with Crippen LogP contribution in [0.5, 0.6) is 0 Å². The molecule has 2 aliphatic carbocycles. The molecule has 3 unspecified atom stereocenters. The van der Waals surface area contributed by atoms with Crippen molar-refractivity contribution < 1.29 is 19.1 Å². The third kappa shape index (κ3) is 12.0. The van der Waals surface area contributed by atoms with Gasteiger partial charge in [-0.05, 0) is 49.9 Å².